The molecule has 260 valence electrons. The monoisotopic (exact) mass is 688 g/mol. The molecule has 3 heterocycles. The highest BCUT2D eigenvalue weighted by Crippen LogP contribution is 2.31. The zero-order chi connectivity index (χ0) is 35.4. The molecule has 50 heavy (non-hydrogen) atoms. The Hall–Kier alpha value is -4.90. The number of nitrogens with zero attached hydrogens (tertiary/aromatic N) is 4. The number of benzene rings is 3. The number of hydrogen-bond donors (Lipinski definition) is 0. The van der Waals surface area contributed by atoms with Gasteiger partial charge in [-0.1, -0.05) is 55.5 Å². The van der Waals surface area contributed by atoms with Crippen molar-refractivity contribution < 1.29 is 26.7 Å². The normalized spacial score (nSPS) is 14.3. The molecule has 0 aliphatic carbocycles. The van der Waals surface area contributed by atoms with E-state index in [2.05, 4.69) is 16.8 Å². The molecule has 1 aliphatic rings. The highest BCUT2D eigenvalue weighted by Gasteiger charge is 2.30. The minimum atomic E-state index is -4.41. The van der Waals surface area contributed by atoms with E-state index in [1.807, 2.05) is 29.2 Å². The van der Waals surface area contributed by atoms with Crippen LogP contribution < -0.4 is 5.43 Å². The first-order valence-electron chi connectivity index (χ1n) is 16.7. The van der Waals surface area contributed by atoms with Crippen LogP contribution in [-0.4, -0.2) is 50.9 Å². The van der Waals surface area contributed by atoms with Crippen molar-refractivity contribution in [2.45, 2.75) is 57.9 Å². The molecule has 0 atom stereocenters. The fourth-order valence-corrected chi connectivity index (χ4v) is 6.68. The summed E-state index contributed by atoms with van der Waals surface area (Å²) < 4.78 is 69.4. The topological polar surface area (TPSA) is 58.4 Å². The van der Waals surface area contributed by atoms with Crippen molar-refractivity contribution in [2.75, 3.05) is 19.6 Å². The third kappa shape index (κ3) is 7.78. The fraction of sp³-hybridized carbons (Fsp3) is 0.308. The summed E-state index contributed by atoms with van der Waals surface area (Å²) in [4.78, 5) is 36.2. The largest absolute Gasteiger partial charge is 0.416 e. The number of aryl methyl sites for hydroxylation is 2. The van der Waals surface area contributed by atoms with Crippen LogP contribution in [0.3, 0.4) is 0 Å². The number of aromatic nitrogens is 2. The zero-order valence-electron chi connectivity index (χ0n) is 27.6. The summed E-state index contributed by atoms with van der Waals surface area (Å²) in [5.41, 5.74) is 2.26. The van der Waals surface area contributed by atoms with Gasteiger partial charge in [0.25, 0.3) is 0 Å². The van der Waals surface area contributed by atoms with Gasteiger partial charge >= 0.3 is 6.18 Å². The zero-order valence-corrected chi connectivity index (χ0v) is 27.6. The third-order valence-electron chi connectivity index (χ3n) is 9.55. The second-order valence-electron chi connectivity index (χ2n) is 12.6. The van der Waals surface area contributed by atoms with Gasteiger partial charge in [-0.2, -0.15) is 13.2 Å². The van der Waals surface area contributed by atoms with Crippen LogP contribution in [0, 0.1) is 11.6 Å². The lowest BCUT2D eigenvalue weighted by Crippen LogP contribution is -2.48. The molecule has 0 N–H and O–H groups in total. The lowest BCUT2D eigenvalue weighted by atomic mass is 10.00. The Morgan fingerprint density at radius 3 is 2.24 bits per heavy atom. The Morgan fingerprint density at radius 2 is 1.58 bits per heavy atom. The Kier molecular flexibility index (Phi) is 10.4. The van der Waals surface area contributed by atoms with Crippen LogP contribution in [0.5, 0.6) is 0 Å². The van der Waals surface area contributed by atoms with Gasteiger partial charge < -0.3 is 14.4 Å². The molecule has 0 unspecified atom stereocenters. The van der Waals surface area contributed by atoms with E-state index < -0.39 is 23.4 Å². The predicted octanol–water partition coefficient (Wildman–Crippen LogP) is 7.66. The summed E-state index contributed by atoms with van der Waals surface area (Å²) in [6, 6.07) is 21.1. The van der Waals surface area contributed by atoms with Gasteiger partial charge in [0.2, 0.25) is 5.91 Å². The second kappa shape index (κ2) is 14.9. The van der Waals surface area contributed by atoms with E-state index >= 15 is 0 Å². The van der Waals surface area contributed by atoms with Gasteiger partial charge in [-0.15, -0.1) is 0 Å². The number of hydrogen-bond acceptors (Lipinski definition) is 4. The number of carbonyl (C=O) groups excluding carboxylic acids is 1. The van der Waals surface area contributed by atoms with Gasteiger partial charge in [0, 0.05) is 43.6 Å². The van der Waals surface area contributed by atoms with E-state index in [-0.39, 0.29) is 42.3 Å². The fourth-order valence-electron chi connectivity index (χ4n) is 6.68. The van der Waals surface area contributed by atoms with Crippen molar-refractivity contribution in [2.24, 2.45) is 0 Å². The van der Waals surface area contributed by atoms with Crippen LogP contribution >= 0.6 is 0 Å². The maximum atomic E-state index is 14.5. The molecule has 3 aromatic carbocycles. The Labute approximate surface area is 286 Å². The van der Waals surface area contributed by atoms with Crippen LogP contribution in [-0.2, 0) is 36.9 Å². The second-order valence-corrected chi connectivity index (χ2v) is 12.6. The van der Waals surface area contributed by atoms with Crippen LogP contribution in [0.15, 0.2) is 95.9 Å². The van der Waals surface area contributed by atoms with Gasteiger partial charge in [-0.25, -0.2) is 13.8 Å². The average molecular weight is 689 g/mol. The van der Waals surface area contributed by atoms with Gasteiger partial charge in [0.1, 0.15) is 12.2 Å². The van der Waals surface area contributed by atoms with Gasteiger partial charge in [-0.3, -0.25) is 9.59 Å². The summed E-state index contributed by atoms with van der Waals surface area (Å²) in [6.07, 6.45) is -1.02. The molecule has 11 heteroatoms. The van der Waals surface area contributed by atoms with Gasteiger partial charge in [0.05, 0.1) is 10.9 Å². The molecule has 6 nitrogen and oxygen atoms in total. The molecule has 5 aromatic rings. The van der Waals surface area contributed by atoms with Crippen molar-refractivity contribution in [1.29, 1.82) is 0 Å². The summed E-state index contributed by atoms with van der Waals surface area (Å²) in [5, 5.41) is 0.350. The molecule has 0 radical (unpaired) electrons. The Balaban J connectivity index is 1.29. The summed E-state index contributed by atoms with van der Waals surface area (Å²) in [7, 11) is 0. The maximum absolute atomic E-state index is 14.5. The molecule has 1 amide bonds. The number of pyridine rings is 2. The van der Waals surface area contributed by atoms with Crippen LogP contribution in [0.4, 0.5) is 22.0 Å². The Morgan fingerprint density at radius 1 is 0.900 bits per heavy atom. The standard InChI is InChI=1S/C39H37F5N4O2/c1-2-46-21-18-31(19-22-46)47(24-26-8-10-27(11-9-26)28-12-15-30(16-13-28)39(42,43)44)36(50)25-48-32(17-14-29-5-3-7-34(40)37(29)41)23-35(49)33-6-4-20-45-38(33)48/h3-13,15-16,20,23,31H,2,14,17-19,21-22,24-25H2,1H3. The lowest BCUT2D eigenvalue weighted by molar-refractivity contribution is -0.137. The lowest BCUT2D eigenvalue weighted by Gasteiger charge is -2.38. The molecule has 0 bridgehead atoms. The molecule has 2 aromatic heterocycles. The van der Waals surface area contributed by atoms with Crippen LogP contribution in [0.2, 0.25) is 0 Å². The SMILES string of the molecule is CCN1CCC(N(Cc2ccc(-c3ccc(C(F)(F)F)cc3)cc2)C(=O)Cn2c(CCc3cccc(F)c3F)cc(=O)c3cccnc32)CC1. The number of halogens is 5. The molecule has 1 fully saturated rings. The van der Waals surface area contributed by atoms with Gasteiger partial charge in [-0.05, 0) is 84.8 Å². The number of fused-ring (bicyclic) bond motifs is 1. The highest BCUT2D eigenvalue weighted by atomic mass is 19.4. The first-order valence-corrected chi connectivity index (χ1v) is 16.7. The van der Waals surface area contributed by atoms with Crippen molar-refractivity contribution in [3.05, 3.63) is 135 Å². The quantitative estimate of drug-likeness (QED) is 0.142. The molecular weight excluding hydrogens is 651 g/mol. The number of carbonyl (C=O) groups is 1. The van der Waals surface area contributed by atoms with Gasteiger partial charge in [0.15, 0.2) is 17.1 Å². The van der Waals surface area contributed by atoms with E-state index in [9.17, 15) is 31.5 Å². The number of piperidine rings is 1. The summed E-state index contributed by atoms with van der Waals surface area (Å²) >= 11 is 0. The molecule has 0 saturated carbocycles. The van der Waals surface area contributed by atoms with E-state index in [1.165, 1.54) is 30.3 Å². The summed E-state index contributed by atoms with van der Waals surface area (Å²) in [6.45, 7) is 4.88. The predicted molar refractivity (Wildman–Crippen MR) is 182 cm³/mol. The summed E-state index contributed by atoms with van der Waals surface area (Å²) in [5.74, 6) is -2.07. The minimum Gasteiger partial charge on any atom is -0.334 e. The molecule has 1 saturated heterocycles. The van der Waals surface area contributed by atoms with Crippen molar-refractivity contribution in [3.63, 3.8) is 0 Å². The number of rotatable bonds is 10. The van der Waals surface area contributed by atoms with Crippen molar-refractivity contribution in [1.82, 2.24) is 19.4 Å². The van der Waals surface area contributed by atoms with E-state index in [0.717, 1.165) is 61.8 Å². The van der Waals surface area contributed by atoms with Crippen molar-refractivity contribution in [3.8, 4) is 11.1 Å². The highest BCUT2D eigenvalue weighted by molar-refractivity contribution is 5.81. The Bertz CT molecular complexity index is 2020. The minimum absolute atomic E-state index is 0.0525. The molecule has 6 rings (SSSR count). The number of likely N-dealkylation sites (tertiary alicyclic amines) is 1. The molecule has 0 spiro atoms. The number of amides is 1. The molecular formula is C39H37F5N4O2. The third-order valence-corrected chi connectivity index (χ3v) is 9.55. The van der Waals surface area contributed by atoms with E-state index in [1.54, 1.807) is 22.9 Å². The maximum Gasteiger partial charge on any atom is 0.416 e. The first kappa shape index (κ1) is 34.9. The smallest absolute Gasteiger partial charge is 0.334 e. The van der Waals surface area contributed by atoms with E-state index in [4.69, 9.17) is 0 Å². The van der Waals surface area contributed by atoms with E-state index in [0.29, 0.717) is 28.8 Å². The average Bonchev–Trinajstić information content (AvgIpc) is 3.12. The first-order chi connectivity index (χ1) is 24.0. The molecule has 1 aliphatic heterocycles. The number of alkyl halides is 3. The van der Waals surface area contributed by atoms with Crippen LogP contribution in [0.25, 0.3) is 22.2 Å². The van der Waals surface area contributed by atoms with Crippen molar-refractivity contribution >= 4 is 16.9 Å². The van der Waals surface area contributed by atoms with Crippen LogP contribution in [0.1, 0.15) is 42.1 Å².